The van der Waals surface area contributed by atoms with E-state index in [1.807, 2.05) is 17.0 Å². The maximum Gasteiger partial charge on any atom is 0.251 e. The minimum atomic E-state index is -0.992. The number of primary amides is 1. The first-order valence-corrected chi connectivity index (χ1v) is 13.3. The normalized spacial score (nSPS) is 26.4. The molecule has 2 heterocycles. The van der Waals surface area contributed by atoms with Gasteiger partial charge in [-0.2, -0.15) is 0 Å². The molecule has 1 aromatic carbocycles. The molecular weight excluding hydrogens is 428 g/mol. The molecule has 2 amide bonds. The van der Waals surface area contributed by atoms with E-state index in [1.165, 1.54) is 50.5 Å². The molecule has 5 N–H and O–H groups in total. The Hall–Kier alpha value is -1.96. The number of nitrogens with zero attached hydrogens (tertiary/aromatic N) is 2. The third kappa shape index (κ3) is 5.99. The number of hydrogen-bond donors (Lipinski definition) is 3. The summed E-state index contributed by atoms with van der Waals surface area (Å²) in [5.41, 5.74) is 12.9. The summed E-state index contributed by atoms with van der Waals surface area (Å²) in [5.74, 6) is 0.463. The molecule has 1 aromatic rings. The number of piperidine rings is 1. The highest BCUT2D eigenvalue weighted by Gasteiger charge is 2.41. The third-order valence-electron chi connectivity index (χ3n) is 8.40. The van der Waals surface area contributed by atoms with E-state index in [0.717, 1.165) is 25.9 Å². The number of rotatable bonds is 10. The predicted octanol–water partition coefficient (Wildman–Crippen LogP) is 2.61. The molecule has 0 radical (unpaired) electrons. The van der Waals surface area contributed by atoms with Crippen molar-refractivity contribution < 1.29 is 14.7 Å². The number of aliphatic hydroxyl groups is 1. The van der Waals surface area contributed by atoms with Crippen LogP contribution in [0.3, 0.4) is 0 Å². The first-order chi connectivity index (χ1) is 16.5. The van der Waals surface area contributed by atoms with Gasteiger partial charge in [-0.1, -0.05) is 31.4 Å². The van der Waals surface area contributed by atoms with E-state index in [4.69, 9.17) is 11.5 Å². The highest BCUT2D eigenvalue weighted by molar-refractivity contribution is 5.92. The van der Waals surface area contributed by atoms with Crippen LogP contribution in [0.5, 0.6) is 0 Å². The summed E-state index contributed by atoms with van der Waals surface area (Å²) in [6.45, 7) is 2.61. The van der Waals surface area contributed by atoms with Crippen molar-refractivity contribution in [3.63, 3.8) is 0 Å². The van der Waals surface area contributed by atoms with Crippen molar-refractivity contribution in [2.24, 2.45) is 17.4 Å². The zero-order valence-electron chi connectivity index (χ0n) is 20.4. The number of aliphatic hydroxyl groups excluding tert-OH is 1. The van der Waals surface area contributed by atoms with E-state index >= 15 is 0 Å². The van der Waals surface area contributed by atoms with E-state index in [1.54, 1.807) is 6.07 Å². The highest BCUT2D eigenvalue weighted by atomic mass is 16.3. The molecule has 1 saturated carbocycles. The Labute approximate surface area is 203 Å². The average molecular weight is 471 g/mol. The molecule has 3 aliphatic rings. The summed E-state index contributed by atoms with van der Waals surface area (Å²) in [5, 5.41) is 10.4. The lowest BCUT2D eigenvalue weighted by molar-refractivity contribution is -0.141. The van der Waals surface area contributed by atoms with Gasteiger partial charge in [0.15, 0.2) is 0 Å². The number of nitrogens with two attached hydrogens (primary N) is 2. The van der Waals surface area contributed by atoms with Crippen molar-refractivity contribution in [2.45, 2.75) is 88.3 Å². The highest BCUT2D eigenvalue weighted by Crippen LogP contribution is 2.43. The Bertz CT molecular complexity index is 827. The molecule has 34 heavy (non-hydrogen) atoms. The largest absolute Gasteiger partial charge is 0.383 e. The minimum absolute atomic E-state index is 0.151. The minimum Gasteiger partial charge on any atom is -0.383 e. The molecule has 3 fully saturated rings. The Morgan fingerprint density at radius 3 is 2.44 bits per heavy atom. The molecule has 0 spiro atoms. The van der Waals surface area contributed by atoms with Crippen LogP contribution in [0, 0.1) is 5.92 Å². The van der Waals surface area contributed by atoms with Crippen LogP contribution in [0.1, 0.15) is 86.0 Å². The topological polar surface area (TPSA) is 113 Å². The maximum absolute atomic E-state index is 13.0. The average Bonchev–Trinajstić information content (AvgIpc) is 3.08. The predicted molar refractivity (Wildman–Crippen MR) is 133 cm³/mol. The first-order valence-electron chi connectivity index (χ1n) is 13.3. The van der Waals surface area contributed by atoms with Crippen LogP contribution >= 0.6 is 0 Å². The van der Waals surface area contributed by atoms with Gasteiger partial charge < -0.3 is 21.5 Å². The van der Waals surface area contributed by atoms with Gasteiger partial charge in [-0.25, -0.2) is 0 Å². The molecule has 1 aliphatic carbocycles. The zero-order chi connectivity index (χ0) is 24.1. The van der Waals surface area contributed by atoms with Gasteiger partial charge in [-0.15, -0.1) is 0 Å². The number of carbonyl (C=O) groups is 2. The molecule has 4 rings (SSSR count). The Kier molecular flexibility index (Phi) is 8.61. The molecule has 4 atom stereocenters. The van der Waals surface area contributed by atoms with Gasteiger partial charge in [-0.3, -0.25) is 14.5 Å². The summed E-state index contributed by atoms with van der Waals surface area (Å²) in [7, 11) is 0. The second kappa shape index (κ2) is 11.6. The van der Waals surface area contributed by atoms with E-state index < -0.39 is 6.10 Å². The van der Waals surface area contributed by atoms with E-state index in [0.29, 0.717) is 49.0 Å². The second-order valence-corrected chi connectivity index (χ2v) is 10.7. The molecule has 188 valence electrons. The van der Waals surface area contributed by atoms with Crippen LogP contribution in [-0.2, 0) is 4.79 Å². The van der Waals surface area contributed by atoms with Crippen molar-refractivity contribution >= 4 is 11.8 Å². The number of fused-ring (bicyclic) bond motifs is 2. The van der Waals surface area contributed by atoms with Crippen molar-refractivity contribution in [2.75, 3.05) is 26.2 Å². The Morgan fingerprint density at radius 1 is 1.09 bits per heavy atom. The molecule has 7 heteroatoms. The summed E-state index contributed by atoms with van der Waals surface area (Å²) >= 11 is 0. The smallest absolute Gasteiger partial charge is 0.251 e. The molecular formula is C27H42N4O3. The molecule has 2 bridgehead atoms. The Morgan fingerprint density at radius 2 is 1.79 bits per heavy atom. The fourth-order valence-corrected chi connectivity index (χ4v) is 6.56. The van der Waals surface area contributed by atoms with Crippen LogP contribution in [0.15, 0.2) is 24.3 Å². The van der Waals surface area contributed by atoms with Crippen LogP contribution in [0.2, 0.25) is 0 Å². The molecule has 7 nitrogen and oxygen atoms in total. The van der Waals surface area contributed by atoms with Crippen molar-refractivity contribution in [1.29, 1.82) is 0 Å². The van der Waals surface area contributed by atoms with Crippen molar-refractivity contribution in [3.8, 4) is 0 Å². The van der Waals surface area contributed by atoms with E-state index in [-0.39, 0.29) is 11.8 Å². The summed E-state index contributed by atoms with van der Waals surface area (Å²) in [4.78, 5) is 29.2. The maximum atomic E-state index is 13.0. The van der Waals surface area contributed by atoms with E-state index in [2.05, 4.69) is 11.0 Å². The fraction of sp³-hybridized carbons (Fsp3) is 0.704. The molecule has 2 aliphatic heterocycles. The van der Waals surface area contributed by atoms with Crippen LogP contribution < -0.4 is 11.5 Å². The van der Waals surface area contributed by atoms with Gasteiger partial charge in [0, 0.05) is 37.3 Å². The number of carbonyl (C=O) groups excluding carboxylic acids is 2. The van der Waals surface area contributed by atoms with E-state index in [9.17, 15) is 14.7 Å². The summed E-state index contributed by atoms with van der Waals surface area (Å²) in [6, 6.07) is 8.81. The van der Waals surface area contributed by atoms with Gasteiger partial charge in [0.25, 0.3) is 5.91 Å². The fourth-order valence-electron chi connectivity index (χ4n) is 6.56. The quantitative estimate of drug-likeness (QED) is 0.487. The lowest BCUT2D eigenvalue weighted by atomic mass is 9.84. The number of benzene rings is 1. The van der Waals surface area contributed by atoms with Gasteiger partial charge in [0.2, 0.25) is 5.91 Å². The molecule has 0 unspecified atom stereocenters. The standard InChI is InChI=1S/C27H42N4O3/c28-12-11-25(32)27(34)30(18-19-5-2-1-3-6-19)13-14-31-23-9-10-24(31)17-22(16-23)20-7-4-8-21(15-20)26(29)33/h4,7-8,15,19,22-25,32H,1-3,5-6,9-14,16-18,28H2,(H2,29,33)/t22-,23+,24-,25-/m0/s1. The van der Waals surface area contributed by atoms with Crippen molar-refractivity contribution in [3.05, 3.63) is 35.4 Å². The van der Waals surface area contributed by atoms with Crippen LogP contribution in [0.25, 0.3) is 0 Å². The molecule has 0 aromatic heterocycles. The Balaban J connectivity index is 1.38. The monoisotopic (exact) mass is 470 g/mol. The lowest BCUT2D eigenvalue weighted by Crippen LogP contribution is -2.49. The van der Waals surface area contributed by atoms with Gasteiger partial charge in [-0.05, 0) is 81.0 Å². The van der Waals surface area contributed by atoms with Gasteiger partial charge in [0.1, 0.15) is 6.10 Å². The van der Waals surface area contributed by atoms with Gasteiger partial charge >= 0.3 is 0 Å². The van der Waals surface area contributed by atoms with Crippen LogP contribution in [-0.4, -0.2) is 71.1 Å². The summed E-state index contributed by atoms with van der Waals surface area (Å²) in [6.07, 6.45) is 9.98. The van der Waals surface area contributed by atoms with Crippen LogP contribution in [0.4, 0.5) is 0 Å². The lowest BCUT2D eigenvalue weighted by Gasteiger charge is -2.41. The van der Waals surface area contributed by atoms with Gasteiger partial charge in [0.05, 0.1) is 0 Å². The van der Waals surface area contributed by atoms with Crippen molar-refractivity contribution in [1.82, 2.24) is 9.80 Å². The SMILES string of the molecule is NCC[C@H](O)C(=O)N(CCN1[C@@H]2CC[C@H]1C[C@@H](c1cccc(C(N)=O)c1)C2)CC1CCCCC1. The third-order valence-corrected chi connectivity index (χ3v) is 8.40. The number of amides is 2. The number of hydrogen-bond acceptors (Lipinski definition) is 5. The zero-order valence-corrected chi connectivity index (χ0v) is 20.4. The second-order valence-electron chi connectivity index (χ2n) is 10.7. The summed E-state index contributed by atoms with van der Waals surface area (Å²) < 4.78 is 0. The first kappa shape index (κ1) is 25.1. The molecule has 2 saturated heterocycles.